The van der Waals surface area contributed by atoms with Gasteiger partial charge in [0.15, 0.2) is 0 Å². The number of rotatable bonds is 6. The van der Waals surface area contributed by atoms with Gasteiger partial charge in [-0.25, -0.2) is 0 Å². The predicted octanol–water partition coefficient (Wildman–Crippen LogP) is 14.7. The van der Waals surface area contributed by atoms with Crippen molar-refractivity contribution in [1.29, 1.82) is 0 Å². The maximum Gasteiger partial charge on any atom is 0.0547 e. The Morgan fingerprint density at radius 1 is 0.358 bits per heavy atom. The standard InChI is InChI=1S/C50H33BrN2/c51-41-31-39(35-18-24-43(25-19-35)52(42-13-2-1-3-14-42)45-28-22-34-10-4-5-12-38(34)33-45)30-40(32-41)36-20-26-44(27-21-36)53-48-17-9-8-16-47(48)50-46-15-7-6-11-37(46)23-29-49(50)53/h1-33H. The SMILES string of the molecule is Brc1cc(-c2ccc(N(c3ccccc3)c3ccc4ccccc4c3)cc2)cc(-c2ccc(-n3c4ccccc4c4c5ccccc5ccc43)cc2)c1. The van der Waals surface area contributed by atoms with Crippen molar-refractivity contribution >= 4 is 76.3 Å². The molecule has 1 aromatic heterocycles. The molecule has 10 rings (SSSR count). The van der Waals surface area contributed by atoms with Crippen molar-refractivity contribution in [2.75, 3.05) is 4.90 Å². The Bertz CT molecular complexity index is 2940. The molecule has 0 aliphatic rings. The zero-order chi connectivity index (χ0) is 35.3. The lowest BCUT2D eigenvalue weighted by atomic mass is 9.98. The van der Waals surface area contributed by atoms with Gasteiger partial charge in [-0.15, -0.1) is 0 Å². The van der Waals surface area contributed by atoms with Gasteiger partial charge >= 0.3 is 0 Å². The molecule has 0 unspecified atom stereocenters. The van der Waals surface area contributed by atoms with E-state index in [4.69, 9.17) is 0 Å². The molecule has 0 radical (unpaired) electrons. The average molecular weight is 742 g/mol. The highest BCUT2D eigenvalue weighted by atomic mass is 79.9. The third-order valence-corrected chi connectivity index (χ3v) is 10.8. The zero-order valence-electron chi connectivity index (χ0n) is 28.8. The van der Waals surface area contributed by atoms with Crippen molar-refractivity contribution in [3.63, 3.8) is 0 Å². The summed E-state index contributed by atoms with van der Waals surface area (Å²) >= 11 is 3.83. The van der Waals surface area contributed by atoms with Crippen molar-refractivity contribution in [2.24, 2.45) is 0 Å². The Kier molecular flexibility index (Phi) is 7.66. The van der Waals surface area contributed by atoms with Gasteiger partial charge in [0, 0.05) is 38.0 Å². The molecule has 0 bridgehead atoms. The van der Waals surface area contributed by atoms with Crippen LogP contribution in [-0.4, -0.2) is 4.57 Å². The molecule has 0 atom stereocenters. The van der Waals surface area contributed by atoms with E-state index in [-0.39, 0.29) is 0 Å². The lowest BCUT2D eigenvalue weighted by Crippen LogP contribution is -2.09. The van der Waals surface area contributed by atoms with Gasteiger partial charge in [0.1, 0.15) is 0 Å². The topological polar surface area (TPSA) is 8.17 Å². The summed E-state index contributed by atoms with van der Waals surface area (Å²) in [5, 5.41) is 7.58. The first-order valence-corrected chi connectivity index (χ1v) is 18.7. The molecule has 0 spiro atoms. The molecule has 0 saturated carbocycles. The van der Waals surface area contributed by atoms with Gasteiger partial charge in [-0.05, 0) is 123 Å². The minimum atomic E-state index is 1.05. The van der Waals surface area contributed by atoms with E-state index in [0.717, 1.165) is 38.3 Å². The first-order chi connectivity index (χ1) is 26.2. The molecule has 2 nitrogen and oxygen atoms in total. The maximum absolute atomic E-state index is 3.83. The molecule has 53 heavy (non-hydrogen) atoms. The number of aromatic nitrogens is 1. The Labute approximate surface area is 316 Å². The predicted molar refractivity (Wildman–Crippen MR) is 229 cm³/mol. The normalized spacial score (nSPS) is 11.5. The van der Waals surface area contributed by atoms with Crippen LogP contribution in [0, 0.1) is 0 Å². The van der Waals surface area contributed by atoms with Crippen molar-refractivity contribution in [2.45, 2.75) is 0 Å². The molecular weight excluding hydrogens is 708 g/mol. The van der Waals surface area contributed by atoms with Crippen LogP contribution in [0.4, 0.5) is 17.1 Å². The van der Waals surface area contributed by atoms with Crippen LogP contribution < -0.4 is 4.90 Å². The lowest BCUT2D eigenvalue weighted by Gasteiger charge is -2.26. The summed E-state index contributed by atoms with van der Waals surface area (Å²) in [6.45, 7) is 0. The van der Waals surface area contributed by atoms with Crippen molar-refractivity contribution < 1.29 is 0 Å². The van der Waals surface area contributed by atoms with Crippen LogP contribution in [0.3, 0.4) is 0 Å². The fourth-order valence-electron chi connectivity index (χ4n) is 7.89. The molecule has 0 amide bonds. The summed E-state index contributed by atoms with van der Waals surface area (Å²) in [6.07, 6.45) is 0. The van der Waals surface area contributed by atoms with Crippen LogP contribution in [0.25, 0.3) is 71.3 Å². The summed E-state index contributed by atoms with van der Waals surface area (Å²) in [5.74, 6) is 0. The van der Waals surface area contributed by atoms with Crippen LogP contribution in [0.15, 0.2) is 205 Å². The van der Waals surface area contributed by atoms with Gasteiger partial charge in [-0.1, -0.05) is 137 Å². The monoisotopic (exact) mass is 740 g/mol. The maximum atomic E-state index is 3.83. The number of benzene rings is 9. The lowest BCUT2D eigenvalue weighted by molar-refractivity contribution is 1.18. The van der Waals surface area contributed by atoms with E-state index >= 15 is 0 Å². The molecule has 0 aliphatic carbocycles. The van der Waals surface area contributed by atoms with E-state index in [0.29, 0.717) is 0 Å². The molecule has 0 N–H and O–H groups in total. The molecule has 250 valence electrons. The Balaban J connectivity index is 0.999. The summed E-state index contributed by atoms with van der Waals surface area (Å²) in [6, 6.07) is 72.3. The smallest absolute Gasteiger partial charge is 0.0547 e. The number of hydrogen-bond acceptors (Lipinski definition) is 1. The van der Waals surface area contributed by atoms with Gasteiger partial charge in [-0.2, -0.15) is 0 Å². The highest BCUT2D eigenvalue weighted by Gasteiger charge is 2.16. The second-order valence-electron chi connectivity index (χ2n) is 13.6. The molecule has 1 heterocycles. The molecule has 0 fully saturated rings. The van der Waals surface area contributed by atoms with Crippen molar-refractivity contribution in [3.05, 3.63) is 205 Å². The fourth-order valence-corrected chi connectivity index (χ4v) is 8.38. The van der Waals surface area contributed by atoms with Gasteiger partial charge in [0.25, 0.3) is 0 Å². The highest BCUT2D eigenvalue weighted by Crippen LogP contribution is 2.40. The summed E-state index contributed by atoms with van der Waals surface area (Å²) in [7, 11) is 0. The van der Waals surface area contributed by atoms with Crippen LogP contribution >= 0.6 is 15.9 Å². The number of fused-ring (bicyclic) bond motifs is 6. The third-order valence-electron chi connectivity index (χ3n) is 10.4. The van der Waals surface area contributed by atoms with Gasteiger partial charge in [0.2, 0.25) is 0 Å². The molecule has 0 aliphatic heterocycles. The fraction of sp³-hybridized carbons (Fsp3) is 0. The Morgan fingerprint density at radius 3 is 1.68 bits per heavy atom. The molecule has 10 aromatic rings. The summed E-state index contributed by atoms with van der Waals surface area (Å²) in [4.78, 5) is 2.32. The quantitative estimate of drug-likeness (QED) is 0.165. The number of hydrogen-bond donors (Lipinski definition) is 0. The molecule has 0 saturated heterocycles. The third kappa shape index (κ3) is 5.58. The van der Waals surface area contributed by atoms with Crippen LogP contribution in [-0.2, 0) is 0 Å². The molecule has 3 heteroatoms. The highest BCUT2D eigenvalue weighted by molar-refractivity contribution is 9.10. The van der Waals surface area contributed by atoms with Crippen LogP contribution in [0.1, 0.15) is 0 Å². The van der Waals surface area contributed by atoms with Gasteiger partial charge in [-0.3, -0.25) is 0 Å². The van der Waals surface area contributed by atoms with Crippen LogP contribution in [0.2, 0.25) is 0 Å². The first-order valence-electron chi connectivity index (χ1n) is 17.9. The number of nitrogens with zero attached hydrogens (tertiary/aromatic N) is 2. The van der Waals surface area contributed by atoms with E-state index in [9.17, 15) is 0 Å². The van der Waals surface area contributed by atoms with Crippen molar-refractivity contribution in [1.82, 2.24) is 4.57 Å². The second-order valence-corrected chi connectivity index (χ2v) is 14.5. The first kappa shape index (κ1) is 31.3. The number of para-hydroxylation sites is 2. The van der Waals surface area contributed by atoms with Crippen LogP contribution in [0.5, 0.6) is 0 Å². The Morgan fingerprint density at radius 2 is 0.925 bits per heavy atom. The summed E-state index contributed by atoms with van der Waals surface area (Å²) < 4.78 is 3.44. The minimum absolute atomic E-state index is 1.05. The Hall–Kier alpha value is -6.42. The molecular formula is C50H33BrN2. The van der Waals surface area contributed by atoms with Gasteiger partial charge < -0.3 is 9.47 Å². The average Bonchev–Trinajstić information content (AvgIpc) is 3.56. The largest absolute Gasteiger partial charge is 0.310 e. The molecule has 9 aromatic carbocycles. The number of anilines is 3. The van der Waals surface area contributed by atoms with E-state index < -0.39 is 0 Å². The number of halogens is 1. The van der Waals surface area contributed by atoms with E-state index in [2.05, 4.69) is 226 Å². The van der Waals surface area contributed by atoms with E-state index in [1.807, 2.05) is 0 Å². The van der Waals surface area contributed by atoms with E-state index in [1.165, 1.54) is 54.5 Å². The summed E-state index contributed by atoms with van der Waals surface area (Å²) in [5.41, 5.74) is 11.6. The van der Waals surface area contributed by atoms with Gasteiger partial charge in [0.05, 0.1) is 11.0 Å². The van der Waals surface area contributed by atoms with E-state index in [1.54, 1.807) is 0 Å². The second kappa shape index (κ2) is 13.0. The minimum Gasteiger partial charge on any atom is -0.310 e. The zero-order valence-corrected chi connectivity index (χ0v) is 30.4. The van der Waals surface area contributed by atoms with Crippen molar-refractivity contribution in [3.8, 4) is 27.9 Å².